The summed E-state index contributed by atoms with van der Waals surface area (Å²) in [5, 5.41) is 8.47. The summed E-state index contributed by atoms with van der Waals surface area (Å²) in [6, 6.07) is 1.47. The smallest absolute Gasteiger partial charge is 0.303 e. The van der Waals surface area contributed by atoms with E-state index in [-0.39, 0.29) is 30.0 Å². The Morgan fingerprint density at radius 2 is 2.26 bits per heavy atom. The largest absolute Gasteiger partial charge is 0.492 e. The predicted molar refractivity (Wildman–Crippen MR) is 67.5 cm³/mol. The first-order valence-corrected chi connectivity index (χ1v) is 7.24. The van der Waals surface area contributed by atoms with Crippen molar-refractivity contribution >= 4 is 16.0 Å². The predicted octanol–water partition coefficient (Wildman–Crippen LogP) is 0.623. The minimum absolute atomic E-state index is 0.0489. The molecule has 0 saturated carbocycles. The molecule has 1 rings (SSSR count). The van der Waals surface area contributed by atoms with Gasteiger partial charge in [0.25, 0.3) is 0 Å². The second kappa shape index (κ2) is 7.05. The van der Waals surface area contributed by atoms with E-state index in [1.54, 1.807) is 6.92 Å². The maximum Gasteiger partial charge on any atom is 0.303 e. The molecule has 2 N–H and O–H groups in total. The van der Waals surface area contributed by atoms with Crippen molar-refractivity contribution in [2.45, 2.75) is 24.7 Å². The van der Waals surface area contributed by atoms with Gasteiger partial charge in [0.1, 0.15) is 10.6 Å². The van der Waals surface area contributed by atoms with Gasteiger partial charge in [-0.1, -0.05) is 0 Å². The Labute approximate surface area is 111 Å². The zero-order chi connectivity index (χ0) is 14.3. The number of sulfonamides is 1. The molecule has 0 amide bonds. The zero-order valence-corrected chi connectivity index (χ0v) is 11.3. The molecule has 19 heavy (non-hydrogen) atoms. The summed E-state index contributed by atoms with van der Waals surface area (Å²) in [6.07, 6.45) is 2.77. The van der Waals surface area contributed by atoms with E-state index in [1.165, 1.54) is 18.5 Å². The molecule has 0 unspecified atom stereocenters. The van der Waals surface area contributed by atoms with Crippen LogP contribution in [0.1, 0.15) is 19.8 Å². The number of pyridine rings is 1. The standard InChI is InChI=1S/C11H16N2O5S/c1-2-18-9-5-7-12-8-10(9)19(16,17)13-6-3-4-11(14)15/h5,7-8,13H,2-4,6H2,1H3,(H,14,15). The molecule has 106 valence electrons. The third kappa shape index (κ3) is 4.84. The van der Waals surface area contributed by atoms with Crippen LogP contribution in [0.4, 0.5) is 0 Å². The lowest BCUT2D eigenvalue weighted by molar-refractivity contribution is -0.137. The fraction of sp³-hybridized carbons (Fsp3) is 0.455. The molecule has 0 aromatic carbocycles. The van der Waals surface area contributed by atoms with Gasteiger partial charge in [0.15, 0.2) is 0 Å². The summed E-state index contributed by atoms with van der Waals surface area (Å²) in [5.41, 5.74) is 0. The molecular formula is C11H16N2O5S. The Morgan fingerprint density at radius 3 is 2.89 bits per heavy atom. The number of hydrogen-bond donors (Lipinski definition) is 2. The molecule has 0 saturated heterocycles. The van der Waals surface area contributed by atoms with E-state index in [0.717, 1.165) is 0 Å². The van der Waals surface area contributed by atoms with Crippen LogP contribution in [0, 0.1) is 0 Å². The maximum atomic E-state index is 12.0. The monoisotopic (exact) mass is 288 g/mol. The number of carbonyl (C=O) groups is 1. The SMILES string of the molecule is CCOc1ccncc1S(=O)(=O)NCCCC(=O)O. The van der Waals surface area contributed by atoms with Crippen LogP contribution >= 0.6 is 0 Å². The van der Waals surface area contributed by atoms with Crippen LogP contribution in [0.2, 0.25) is 0 Å². The van der Waals surface area contributed by atoms with Gasteiger partial charge in [-0.3, -0.25) is 9.78 Å². The van der Waals surface area contributed by atoms with Crippen molar-refractivity contribution in [3.63, 3.8) is 0 Å². The van der Waals surface area contributed by atoms with Crippen LogP contribution < -0.4 is 9.46 Å². The molecular weight excluding hydrogens is 272 g/mol. The fourth-order valence-corrected chi connectivity index (χ4v) is 2.53. The van der Waals surface area contributed by atoms with Crippen molar-refractivity contribution in [1.29, 1.82) is 0 Å². The minimum atomic E-state index is -3.74. The number of aliphatic carboxylic acids is 1. The highest BCUT2D eigenvalue weighted by Gasteiger charge is 2.19. The summed E-state index contributed by atoms with van der Waals surface area (Å²) in [6.45, 7) is 2.14. The lowest BCUT2D eigenvalue weighted by atomic mass is 10.3. The summed E-state index contributed by atoms with van der Waals surface area (Å²) >= 11 is 0. The van der Waals surface area contributed by atoms with Crippen molar-refractivity contribution in [2.24, 2.45) is 0 Å². The number of aromatic nitrogens is 1. The van der Waals surface area contributed by atoms with E-state index in [0.29, 0.717) is 6.61 Å². The van der Waals surface area contributed by atoms with E-state index in [4.69, 9.17) is 9.84 Å². The lowest BCUT2D eigenvalue weighted by Crippen LogP contribution is -2.26. The summed E-state index contributed by atoms with van der Waals surface area (Å²) < 4.78 is 31.5. The second-order valence-electron chi connectivity index (χ2n) is 3.65. The highest BCUT2D eigenvalue weighted by atomic mass is 32.2. The van der Waals surface area contributed by atoms with Crippen LogP contribution in [0.3, 0.4) is 0 Å². The van der Waals surface area contributed by atoms with Crippen molar-refractivity contribution < 1.29 is 23.1 Å². The number of hydrogen-bond acceptors (Lipinski definition) is 5. The van der Waals surface area contributed by atoms with E-state index in [2.05, 4.69) is 9.71 Å². The molecule has 0 radical (unpaired) electrons. The first-order chi connectivity index (χ1) is 8.97. The molecule has 0 spiro atoms. The number of nitrogens with one attached hydrogen (secondary N) is 1. The quantitative estimate of drug-likeness (QED) is 0.679. The summed E-state index contributed by atoms with van der Waals surface area (Å²) in [7, 11) is -3.74. The zero-order valence-electron chi connectivity index (χ0n) is 10.5. The van der Waals surface area contributed by atoms with Gasteiger partial charge in [-0.2, -0.15) is 0 Å². The normalized spacial score (nSPS) is 11.2. The van der Waals surface area contributed by atoms with Crippen molar-refractivity contribution in [1.82, 2.24) is 9.71 Å². The molecule has 1 heterocycles. The van der Waals surface area contributed by atoms with Gasteiger partial charge in [-0.05, 0) is 19.4 Å². The third-order valence-electron chi connectivity index (χ3n) is 2.20. The molecule has 7 nitrogen and oxygen atoms in total. The third-order valence-corrected chi connectivity index (χ3v) is 3.67. The van der Waals surface area contributed by atoms with E-state index in [9.17, 15) is 13.2 Å². The topological polar surface area (TPSA) is 106 Å². The molecule has 0 bridgehead atoms. The lowest BCUT2D eigenvalue weighted by Gasteiger charge is -2.10. The molecule has 8 heteroatoms. The molecule has 0 atom stereocenters. The van der Waals surface area contributed by atoms with Crippen molar-refractivity contribution in [3.8, 4) is 5.75 Å². The summed E-state index contributed by atoms with van der Waals surface area (Å²) in [4.78, 5) is 14.0. The number of nitrogens with zero attached hydrogens (tertiary/aromatic N) is 1. The van der Waals surface area contributed by atoms with E-state index in [1.807, 2.05) is 0 Å². The van der Waals surface area contributed by atoms with Crippen LogP contribution in [0.5, 0.6) is 5.75 Å². The number of carboxylic acids is 1. The Hall–Kier alpha value is -1.67. The first-order valence-electron chi connectivity index (χ1n) is 5.75. The fourth-order valence-electron chi connectivity index (χ4n) is 1.37. The van der Waals surface area contributed by atoms with E-state index >= 15 is 0 Å². The second-order valence-corrected chi connectivity index (χ2v) is 5.39. The Morgan fingerprint density at radius 1 is 1.53 bits per heavy atom. The van der Waals surface area contributed by atoms with Gasteiger partial charge in [-0.15, -0.1) is 0 Å². The minimum Gasteiger partial charge on any atom is -0.492 e. The van der Waals surface area contributed by atoms with Crippen LogP contribution in [0.15, 0.2) is 23.4 Å². The van der Waals surface area contributed by atoms with Gasteiger partial charge in [0.2, 0.25) is 10.0 Å². The molecule has 0 aliphatic heterocycles. The van der Waals surface area contributed by atoms with E-state index < -0.39 is 16.0 Å². The Bertz CT molecular complexity index is 530. The Balaban J connectivity index is 2.74. The highest BCUT2D eigenvalue weighted by molar-refractivity contribution is 7.89. The van der Waals surface area contributed by atoms with Crippen LogP contribution in [-0.2, 0) is 14.8 Å². The molecule has 0 aliphatic rings. The number of ether oxygens (including phenoxy) is 1. The maximum absolute atomic E-state index is 12.0. The highest BCUT2D eigenvalue weighted by Crippen LogP contribution is 2.21. The van der Waals surface area contributed by atoms with Crippen molar-refractivity contribution in [2.75, 3.05) is 13.2 Å². The van der Waals surface area contributed by atoms with Gasteiger partial charge >= 0.3 is 5.97 Å². The van der Waals surface area contributed by atoms with Gasteiger partial charge in [0.05, 0.1) is 12.8 Å². The van der Waals surface area contributed by atoms with Gasteiger partial charge < -0.3 is 9.84 Å². The molecule has 1 aromatic rings. The number of carboxylic acid groups (broad SMARTS) is 1. The Kier molecular flexibility index (Phi) is 5.71. The van der Waals surface area contributed by atoms with Gasteiger partial charge in [0, 0.05) is 19.2 Å². The first kappa shape index (κ1) is 15.4. The average Bonchev–Trinajstić information content (AvgIpc) is 2.35. The number of rotatable bonds is 8. The molecule has 1 aromatic heterocycles. The van der Waals surface area contributed by atoms with Crippen LogP contribution in [0.25, 0.3) is 0 Å². The van der Waals surface area contributed by atoms with Gasteiger partial charge in [-0.25, -0.2) is 13.1 Å². The van der Waals surface area contributed by atoms with Crippen LogP contribution in [-0.4, -0.2) is 37.6 Å². The molecule has 0 aliphatic carbocycles. The summed E-state index contributed by atoms with van der Waals surface area (Å²) in [5.74, 6) is -0.737. The molecule has 0 fully saturated rings. The average molecular weight is 288 g/mol. The van der Waals surface area contributed by atoms with Crippen molar-refractivity contribution in [3.05, 3.63) is 18.5 Å².